The van der Waals surface area contributed by atoms with Crippen molar-refractivity contribution in [1.29, 1.82) is 0 Å². The van der Waals surface area contributed by atoms with Gasteiger partial charge in [0.1, 0.15) is 4.90 Å². The molecule has 1 saturated heterocycles. The highest BCUT2D eigenvalue weighted by Crippen LogP contribution is 2.30. The molecular weight excluding hydrogens is 427 g/mol. The normalized spacial score (nSPS) is 16.2. The van der Waals surface area contributed by atoms with Crippen LogP contribution in [0, 0.1) is 5.92 Å². The number of benzene rings is 1. The molecule has 0 spiro atoms. The van der Waals surface area contributed by atoms with Crippen LogP contribution in [0.15, 0.2) is 23.1 Å². The van der Waals surface area contributed by atoms with E-state index in [1.165, 1.54) is 16.4 Å². The SMILES string of the molecule is COCCOCCCNC(=O)C1CCN(S(=O)(=O)c2cc(Cl)ccc2Cl)CC1. The van der Waals surface area contributed by atoms with Crippen LogP contribution in [-0.4, -0.2) is 65.2 Å². The molecule has 28 heavy (non-hydrogen) atoms. The van der Waals surface area contributed by atoms with E-state index in [1.807, 2.05) is 0 Å². The number of piperidine rings is 1. The number of carbonyl (C=O) groups excluding carboxylic acids is 1. The highest BCUT2D eigenvalue weighted by Gasteiger charge is 2.33. The third kappa shape index (κ3) is 6.57. The Kier molecular flexibility index (Phi) is 9.46. The summed E-state index contributed by atoms with van der Waals surface area (Å²) in [7, 11) is -2.12. The molecular formula is C18H26Cl2N2O5S. The number of methoxy groups -OCH3 is 1. The summed E-state index contributed by atoms with van der Waals surface area (Å²) in [5.74, 6) is -0.245. The molecule has 1 aliphatic rings. The van der Waals surface area contributed by atoms with Gasteiger partial charge in [0.25, 0.3) is 0 Å². The lowest BCUT2D eigenvalue weighted by atomic mass is 9.97. The van der Waals surface area contributed by atoms with E-state index in [9.17, 15) is 13.2 Å². The number of sulfonamides is 1. The van der Waals surface area contributed by atoms with Crippen LogP contribution >= 0.6 is 23.2 Å². The van der Waals surface area contributed by atoms with Crippen LogP contribution in [0.5, 0.6) is 0 Å². The summed E-state index contributed by atoms with van der Waals surface area (Å²) >= 11 is 12.0. The van der Waals surface area contributed by atoms with Gasteiger partial charge in [0.05, 0.1) is 18.2 Å². The van der Waals surface area contributed by atoms with Gasteiger partial charge in [0, 0.05) is 44.3 Å². The lowest BCUT2D eigenvalue weighted by Gasteiger charge is -2.30. The second-order valence-corrected chi connectivity index (χ2v) is 9.25. The summed E-state index contributed by atoms with van der Waals surface area (Å²) in [6.07, 6.45) is 1.65. The van der Waals surface area contributed by atoms with Gasteiger partial charge in [-0.1, -0.05) is 23.2 Å². The summed E-state index contributed by atoms with van der Waals surface area (Å²) in [5.41, 5.74) is 0. The molecule has 1 aromatic rings. The summed E-state index contributed by atoms with van der Waals surface area (Å²) in [6, 6.07) is 4.37. The maximum atomic E-state index is 12.8. The average molecular weight is 453 g/mol. The molecule has 1 heterocycles. The highest BCUT2D eigenvalue weighted by atomic mass is 35.5. The van der Waals surface area contributed by atoms with Crippen LogP contribution < -0.4 is 5.32 Å². The summed E-state index contributed by atoms with van der Waals surface area (Å²) in [4.78, 5) is 12.3. The molecule has 0 unspecified atom stereocenters. The molecule has 10 heteroatoms. The van der Waals surface area contributed by atoms with Crippen LogP contribution in [0.3, 0.4) is 0 Å². The molecule has 0 aromatic heterocycles. The molecule has 158 valence electrons. The molecule has 0 radical (unpaired) electrons. The Morgan fingerprint density at radius 2 is 1.93 bits per heavy atom. The first-order valence-corrected chi connectivity index (χ1v) is 11.4. The van der Waals surface area contributed by atoms with E-state index < -0.39 is 10.0 Å². The number of nitrogens with zero attached hydrogens (tertiary/aromatic N) is 1. The molecule has 0 aliphatic carbocycles. The maximum Gasteiger partial charge on any atom is 0.244 e. The first-order chi connectivity index (χ1) is 13.4. The quantitative estimate of drug-likeness (QED) is 0.551. The Hall–Kier alpha value is -0.900. The third-order valence-corrected chi connectivity index (χ3v) is 7.15. The van der Waals surface area contributed by atoms with Crippen LogP contribution in [0.4, 0.5) is 0 Å². The Morgan fingerprint density at radius 3 is 2.61 bits per heavy atom. The number of nitrogens with one attached hydrogen (secondary N) is 1. The average Bonchev–Trinajstić information content (AvgIpc) is 2.69. The van der Waals surface area contributed by atoms with Crippen molar-refractivity contribution in [3.63, 3.8) is 0 Å². The number of carbonyl (C=O) groups is 1. The predicted octanol–water partition coefficient (Wildman–Crippen LogP) is 2.56. The zero-order valence-electron chi connectivity index (χ0n) is 15.8. The first-order valence-electron chi connectivity index (χ1n) is 9.16. The number of hydrogen-bond acceptors (Lipinski definition) is 5. The smallest absolute Gasteiger partial charge is 0.244 e. The van der Waals surface area contributed by atoms with E-state index in [4.69, 9.17) is 32.7 Å². The van der Waals surface area contributed by atoms with Gasteiger partial charge in [0.2, 0.25) is 15.9 Å². The van der Waals surface area contributed by atoms with Crippen molar-refractivity contribution in [2.45, 2.75) is 24.2 Å². The Morgan fingerprint density at radius 1 is 1.21 bits per heavy atom. The van der Waals surface area contributed by atoms with Crippen molar-refractivity contribution in [1.82, 2.24) is 9.62 Å². The number of amides is 1. The minimum absolute atomic E-state index is 0.00181. The van der Waals surface area contributed by atoms with Gasteiger partial charge in [-0.15, -0.1) is 0 Å². The molecule has 1 amide bonds. The second-order valence-electron chi connectivity index (χ2n) is 6.50. The summed E-state index contributed by atoms with van der Waals surface area (Å²) < 4.78 is 37.2. The molecule has 1 aliphatic heterocycles. The minimum atomic E-state index is -3.74. The van der Waals surface area contributed by atoms with Gasteiger partial charge in [-0.2, -0.15) is 4.31 Å². The number of rotatable bonds is 10. The van der Waals surface area contributed by atoms with Gasteiger partial charge in [-0.05, 0) is 37.5 Å². The van der Waals surface area contributed by atoms with Gasteiger partial charge in [-0.3, -0.25) is 4.79 Å². The Bertz CT molecular complexity index is 752. The molecule has 0 atom stereocenters. The molecule has 0 saturated carbocycles. The van der Waals surface area contributed by atoms with Crippen molar-refractivity contribution in [2.75, 3.05) is 46.6 Å². The van der Waals surface area contributed by atoms with E-state index in [0.717, 1.165) is 6.42 Å². The third-order valence-electron chi connectivity index (χ3n) is 4.53. The van der Waals surface area contributed by atoms with Gasteiger partial charge in [0.15, 0.2) is 0 Å². The fourth-order valence-electron chi connectivity index (χ4n) is 2.95. The van der Waals surface area contributed by atoms with Crippen LogP contribution in [0.2, 0.25) is 10.0 Å². The minimum Gasteiger partial charge on any atom is -0.382 e. The van der Waals surface area contributed by atoms with E-state index in [2.05, 4.69) is 5.32 Å². The Labute approximate surface area is 176 Å². The molecule has 1 N–H and O–H groups in total. The fraction of sp³-hybridized carbons (Fsp3) is 0.611. The van der Waals surface area contributed by atoms with E-state index in [1.54, 1.807) is 13.2 Å². The monoisotopic (exact) mass is 452 g/mol. The zero-order chi connectivity index (χ0) is 20.6. The van der Waals surface area contributed by atoms with Gasteiger partial charge in [-0.25, -0.2) is 8.42 Å². The lowest BCUT2D eigenvalue weighted by molar-refractivity contribution is -0.126. The van der Waals surface area contributed by atoms with E-state index in [-0.39, 0.29) is 34.8 Å². The fourth-order valence-corrected chi connectivity index (χ4v) is 5.15. The van der Waals surface area contributed by atoms with Gasteiger partial charge < -0.3 is 14.8 Å². The molecule has 1 fully saturated rings. The molecule has 2 rings (SSSR count). The summed E-state index contributed by atoms with van der Waals surface area (Å²) in [5, 5.41) is 3.33. The van der Waals surface area contributed by atoms with Crippen molar-refractivity contribution in [2.24, 2.45) is 5.92 Å². The standard InChI is InChI=1S/C18H26Cl2N2O5S/c1-26-11-12-27-10-2-7-21-18(23)14-5-8-22(9-6-14)28(24,25)17-13-15(19)3-4-16(17)20/h3-4,13-14H,2,5-12H2,1H3,(H,21,23). The summed E-state index contributed by atoms with van der Waals surface area (Å²) in [6.45, 7) is 2.71. The topological polar surface area (TPSA) is 84.9 Å². The van der Waals surface area contributed by atoms with Crippen molar-refractivity contribution in [3.8, 4) is 0 Å². The van der Waals surface area contributed by atoms with E-state index in [0.29, 0.717) is 44.2 Å². The van der Waals surface area contributed by atoms with Gasteiger partial charge >= 0.3 is 0 Å². The lowest BCUT2D eigenvalue weighted by Crippen LogP contribution is -2.43. The zero-order valence-corrected chi connectivity index (χ0v) is 18.2. The van der Waals surface area contributed by atoms with Crippen molar-refractivity contribution >= 4 is 39.1 Å². The largest absolute Gasteiger partial charge is 0.382 e. The van der Waals surface area contributed by atoms with Crippen molar-refractivity contribution in [3.05, 3.63) is 28.2 Å². The molecule has 0 bridgehead atoms. The van der Waals surface area contributed by atoms with Crippen LogP contribution in [-0.2, 0) is 24.3 Å². The van der Waals surface area contributed by atoms with Crippen LogP contribution in [0.1, 0.15) is 19.3 Å². The van der Waals surface area contributed by atoms with Crippen LogP contribution in [0.25, 0.3) is 0 Å². The van der Waals surface area contributed by atoms with E-state index >= 15 is 0 Å². The highest BCUT2D eigenvalue weighted by molar-refractivity contribution is 7.89. The predicted molar refractivity (Wildman–Crippen MR) is 108 cm³/mol. The van der Waals surface area contributed by atoms with Crippen molar-refractivity contribution < 1.29 is 22.7 Å². The maximum absolute atomic E-state index is 12.8. The number of hydrogen-bond donors (Lipinski definition) is 1. The Balaban J connectivity index is 1.79. The molecule has 7 nitrogen and oxygen atoms in total. The first kappa shape index (κ1) is 23.4. The second kappa shape index (κ2) is 11.3. The number of halogens is 2. The molecule has 1 aromatic carbocycles. The number of ether oxygens (including phenoxy) is 2.